The summed E-state index contributed by atoms with van der Waals surface area (Å²) < 4.78 is 11.2. The van der Waals surface area contributed by atoms with E-state index in [1.54, 1.807) is 42.5 Å². The molecule has 1 aliphatic rings. The van der Waals surface area contributed by atoms with Gasteiger partial charge in [0.25, 0.3) is 5.91 Å². The maximum atomic E-state index is 12.2. The molecule has 122 valence electrons. The summed E-state index contributed by atoms with van der Waals surface area (Å²) >= 11 is 3.27. The lowest BCUT2D eigenvalue weighted by molar-refractivity contribution is -0.132. The molecule has 2 aromatic carbocycles. The largest absolute Gasteiger partial charge is 0.477 e. The highest BCUT2D eigenvalue weighted by molar-refractivity contribution is 9.10. The number of carbonyl (C=O) groups excluding carboxylic acids is 1. The van der Waals surface area contributed by atoms with Gasteiger partial charge in [-0.3, -0.25) is 4.79 Å². The first-order valence-electron chi connectivity index (χ1n) is 6.94. The molecule has 0 radical (unpaired) electrons. The number of hydrogen-bond acceptors (Lipinski definition) is 4. The smallest absolute Gasteiger partial charge is 0.352 e. The number of carboxylic acids is 1. The molecule has 1 heterocycles. The second kappa shape index (κ2) is 6.76. The van der Waals surface area contributed by atoms with Crippen molar-refractivity contribution in [2.24, 2.45) is 0 Å². The zero-order valence-corrected chi connectivity index (χ0v) is 13.9. The summed E-state index contributed by atoms with van der Waals surface area (Å²) in [6.07, 6.45) is 1.36. The van der Waals surface area contributed by atoms with Crippen molar-refractivity contribution in [3.8, 4) is 11.5 Å². The minimum absolute atomic E-state index is 0.133. The van der Waals surface area contributed by atoms with E-state index in [9.17, 15) is 14.7 Å². The van der Waals surface area contributed by atoms with Gasteiger partial charge in [0.05, 0.1) is 0 Å². The van der Waals surface area contributed by atoms with Crippen LogP contribution in [0, 0.1) is 0 Å². The molecule has 0 fully saturated rings. The topological polar surface area (TPSA) is 84.9 Å². The van der Waals surface area contributed by atoms with E-state index < -0.39 is 11.9 Å². The Morgan fingerprint density at radius 2 is 1.92 bits per heavy atom. The monoisotopic (exact) mass is 389 g/mol. The van der Waals surface area contributed by atoms with E-state index in [0.29, 0.717) is 22.6 Å². The highest BCUT2D eigenvalue weighted by Gasteiger charge is 2.16. The number of aliphatic carboxylic acids is 1. The summed E-state index contributed by atoms with van der Waals surface area (Å²) in [6, 6.07) is 11.7. The first-order valence-corrected chi connectivity index (χ1v) is 7.74. The molecular weight excluding hydrogens is 378 g/mol. The maximum absolute atomic E-state index is 12.2. The number of hydrogen-bond donors (Lipinski definition) is 2. The third-order valence-corrected chi connectivity index (χ3v) is 3.77. The maximum Gasteiger partial charge on any atom is 0.352 e. The summed E-state index contributed by atoms with van der Waals surface area (Å²) in [5, 5.41) is 11.7. The van der Waals surface area contributed by atoms with Crippen molar-refractivity contribution >= 4 is 33.9 Å². The number of amides is 1. The Labute approximate surface area is 145 Å². The summed E-state index contributed by atoms with van der Waals surface area (Å²) in [5.74, 6) is -0.615. The summed E-state index contributed by atoms with van der Waals surface area (Å²) in [5.41, 5.74) is 0.687. The van der Waals surface area contributed by atoms with Gasteiger partial charge >= 0.3 is 5.97 Å². The zero-order chi connectivity index (χ0) is 17.1. The molecule has 24 heavy (non-hydrogen) atoms. The van der Waals surface area contributed by atoms with Crippen molar-refractivity contribution in [2.45, 2.75) is 0 Å². The Kier molecular flexibility index (Phi) is 4.52. The minimum Gasteiger partial charge on any atom is -0.477 e. The molecule has 1 aliphatic heterocycles. The SMILES string of the molecule is O=C(O)/C(=C/c1ccc2c(c1)OCO2)NC(=O)c1cccc(Br)c1. The van der Waals surface area contributed by atoms with Gasteiger partial charge in [0.1, 0.15) is 5.70 Å². The summed E-state index contributed by atoms with van der Waals surface area (Å²) in [6.45, 7) is 0.133. The van der Waals surface area contributed by atoms with Crippen molar-refractivity contribution < 1.29 is 24.2 Å². The van der Waals surface area contributed by atoms with Gasteiger partial charge < -0.3 is 19.9 Å². The molecule has 0 aliphatic carbocycles. The van der Waals surface area contributed by atoms with Crippen LogP contribution in [-0.2, 0) is 4.79 Å². The Balaban J connectivity index is 1.84. The lowest BCUT2D eigenvalue weighted by Crippen LogP contribution is -2.27. The van der Waals surface area contributed by atoms with E-state index in [0.717, 1.165) is 4.47 Å². The lowest BCUT2D eigenvalue weighted by Gasteiger charge is -2.07. The normalized spacial score (nSPS) is 12.8. The fraction of sp³-hybridized carbons (Fsp3) is 0.0588. The van der Waals surface area contributed by atoms with Gasteiger partial charge in [0, 0.05) is 10.0 Å². The van der Waals surface area contributed by atoms with Crippen LogP contribution in [0.5, 0.6) is 11.5 Å². The van der Waals surface area contributed by atoms with Crippen LogP contribution in [0.15, 0.2) is 52.6 Å². The van der Waals surface area contributed by atoms with Crippen LogP contribution < -0.4 is 14.8 Å². The van der Waals surface area contributed by atoms with Crippen LogP contribution in [0.4, 0.5) is 0 Å². The van der Waals surface area contributed by atoms with Crippen LogP contribution in [0.1, 0.15) is 15.9 Å². The van der Waals surface area contributed by atoms with Crippen molar-refractivity contribution in [3.63, 3.8) is 0 Å². The van der Waals surface area contributed by atoms with Gasteiger partial charge in [-0.1, -0.05) is 28.1 Å². The third-order valence-electron chi connectivity index (χ3n) is 3.27. The van der Waals surface area contributed by atoms with Crippen LogP contribution in [0.3, 0.4) is 0 Å². The van der Waals surface area contributed by atoms with Gasteiger partial charge in [0.2, 0.25) is 6.79 Å². The van der Waals surface area contributed by atoms with Crippen LogP contribution in [0.25, 0.3) is 6.08 Å². The molecule has 0 saturated heterocycles. The van der Waals surface area contributed by atoms with Crippen LogP contribution in [0.2, 0.25) is 0 Å². The fourth-order valence-electron chi connectivity index (χ4n) is 2.15. The molecular formula is C17H12BrNO5. The van der Waals surface area contributed by atoms with Crippen molar-refractivity contribution in [2.75, 3.05) is 6.79 Å². The van der Waals surface area contributed by atoms with Crippen LogP contribution >= 0.6 is 15.9 Å². The van der Waals surface area contributed by atoms with E-state index >= 15 is 0 Å². The summed E-state index contributed by atoms with van der Waals surface area (Å²) in [4.78, 5) is 23.6. The van der Waals surface area contributed by atoms with Gasteiger partial charge in [-0.05, 0) is 42.0 Å². The zero-order valence-electron chi connectivity index (χ0n) is 12.3. The molecule has 2 aromatic rings. The van der Waals surface area contributed by atoms with Gasteiger partial charge in [-0.15, -0.1) is 0 Å². The number of carboxylic acid groups (broad SMARTS) is 1. The Bertz CT molecular complexity index is 847. The van der Waals surface area contributed by atoms with Gasteiger partial charge in [-0.25, -0.2) is 4.79 Å². The molecule has 0 spiro atoms. The Morgan fingerprint density at radius 1 is 1.12 bits per heavy atom. The molecule has 0 bridgehead atoms. The van der Waals surface area contributed by atoms with E-state index in [2.05, 4.69) is 21.2 Å². The molecule has 1 amide bonds. The molecule has 3 rings (SSSR count). The number of fused-ring (bicyclic) bond motifs is 1. The number of rotatable bonds is 4. The average Bonchev–Trinajstić information content (AvgIpc) is 3.01. The highest BCUT2D eigenvalue weighted by Crippen LogP contribution is 2.33. The quantitative estimate of drug-likeness (QED) is 0.785. The number of nitrogens with one attached hydrogen (secondary N) is 1. The second-order valence-electron chi connectivity index (χ2n) is 4.94. The second-order valence-corrected chi connectivity index (χ2v) is 5.86. The Hall–Kier alpha value is -2.80. The van der Waals surface area contributed by atoms with Crippen LogP contribution in [-0.4, -0.2) is 23.8 Å². The number of halogens is 1. The predicted octanol–water partition coefficient (Wildman–Crippen LogP) is 3.03. The van der Waals surface area contributed by atoms with E-state index in [1.807, 2.05) is 0 Å². The molecule has 0 aromatic heterocycles. The average molecular weight is 390 g/mol. The van der Waals surface area contributed by atoms with Crippen molar-refractivity contribution in [1.82, 2.24) is 5.32 Å². The number of benzene rings is 2. The predicted molar refractivity (Wildman–Crippen MR) is 89.8 cm³/mol. The highest BCUT2D eigenvalue weighted by atomic mass is 79.9. The van der Waals surface area contributed by atoms with E-state index in [1.165, 1.54) is 6.08 Å². The number of ether oxygens (including phenoxy) is 2. The third kappa shape index (κ3) is 3.57. The van der Waals surface area contributed by atoms with Crippen molar-refractivity contribution in [3.05, 3.63) is 63.8 Å². The van der Waals surface area contributed by atoms with E-state index in [-0.39, 0.29) is 12.5 Å². The lowest BCUT2D eigenvalue weighted by atomic mass is 10.1. The molecule has 0 saturated carbocycles. The minimum atomic E-state index is -1.24. The standard InChI is InChI=1S/C17H12BrNO5/c18-12-3-1-2-11(8-12)16(20)19-13(17(21)22)6-10-4-5-14-15(7-10)24-9-23-14/h1-8H,9H2,(H,19,20)(H,21,22)/b13-6-. The van der Waals surface area contributed by atoms with E-state index in [4.69, 9.17) is 9.47 Å². The van der Waals surface area contributed by atoms with Gasteiger partial charge in [0.15, 0.2) is 11.5 Å². The fourth-order valence-corrected chi connectivity index (χ4v) is 2.54. The Morgan fingerprint density at radius 3 is 2.67 bits per heavy atom. The molecule has 6 nitrogen and oxygen atoms in total. The molecule has 2 N–H and O–H groups in total. The molecule has 0 atom stereocenters. The first kappa shape index (κ1) is 16.1. The summed E-state index contributed by atoms with van der Waals surface area (Å²) in [7, 11) is 0. The first-order chi connectivity index (χ1) is 11.5. The molecule has 7 heteroatoms. The van der Waals surface area contributed by atoms with Gasteiger partial charge in [-0.2, -0.15) is 0 Å². The van der Waals surface area contributed by atoms with Crippen molar-refractivity contribution in [1.29, 1.82) is 0 Å². The number of carbonyl (C=O) groups is 2. The molecule has 0 unspecified atom stereocenters.